The third-order valence-electron chi connectivity index (χ3n) is 5.03. The lowest BCUT2D eigenvalue weighted by Crippen LogP contribution is -2.19. The van der Waals surface area contributed by atoms with E-state index in [0.717, 1.165) is 33.6 Å². The summed E-state index contributed by atoms with van der Waals surface area (Å²) < 4.78 is 5.34. The Morgan fingerprint density at radius 2 is 1.71 bits per heavy atom. The number of nitriles is 1. The molecule has 3 aromatic carbocycles. The zero-order chi connectivity index (χ0) is 22.4. The highest BCUT2D eigenvalue weighted by atomic mass is 16.5. The molecule has 5 heteroatoms. The number of carbonyl (C=O) groups excluding carboxylic acids is 1. The molecule has 0 aliphatic carbocycles. The van der Waals surface area contributed by atoms with Crippen LogP contribution in [0.4, 0.5) is 11.4 Å². The van der Waals surface area contributed by atoms with Gasteiger partial charge in [0.2, 0.25) is 0 Å². The van der Waals surface area contributed by atoms with Crippen LogP contribution in [0, 0.1) is 18.3 Å². The summed E-state index contributed by atoms with van der Waals surface area (Å²) in [6, 6.07) is 23.9. The van der Waals surface area contributed by atoms with Crippen LogP contribution in [0.3, 0.4) is 0 Å². The quantitative estimate of drug-likeness (QED) is 0.531. The second-order valence-electron chi connectivity index (χ2n) is 7.76. The summed E-state index contributed by atoms with van der Waals surface area (Å²) in [5.74, 6) is -0.321. The lowest BCUT2D eigenvalue weighted by molar-refractivity contribution is -0.141. The van der Waals surface area contributed by atoms with E-state index in [0.29, 0.717) is 5.56 Å². The molecular formula is C26H27N3O2. The lowest BCUT2D eigenvalue weighted by Gasteiger charge is -2.22. The zero-order valence-corrected chi connectivity index (χ0v) is 18.3. The summed E-state index contributed by atoms with van der Waals surface area (Å²) in [7, 11) is 4.04. The highest BCUT2D eigenvalue weighted by Crippen LogP contribution is 2.29. The monoisotopic (exact) mass is 413 g/mol. The number of aryl methyl sites for hydroxylation is 1. The van der Waals surface area contributed by atoms with Crippen LogP contribution in [0.25, 0.3) is 11.1 Å². The highest BCUT2D eigenvalue weighted by molar-refractivity contribution is 5.68. The van der Waals surface area contributed by atoms with E-state index in [1.54, 1.807) is 12.1 Å². The molecular weight excluding hydrogens is 386 g/mol. The largest absolute Gasteiger partial charge is 0.463 e. The third kappa shape index (κ3) is 5.86. The number of ether oxygens (including phenoxy) is 1. The van der Waals surface area contributed by atoms with E-state index < -0.39 is 0 Å². The van der Waals surface area contributed by atoms with Crippen LogP contribution in [0.15, 0.2) is 66.7 Å². The van der Waals surface area contributed by atoms with Gasteiger partial charge in [-0.05, 0) is 66.1 Å². The van der Waals surface area contributed by atoms with Crippen LogP contribution in [0.2, 0.25) is 0 Å². The standard InChI is InChI=1S/C26H27N3O2/c1-18-13-22(21-7-11-25(12-8-21)29(3)4)15-23(14-18)26(17-31-19(2)30)28-24-9-5-20(16-27)6-10-24/h5-15,26,28H,17H2,1-4H3. The number of rotatable bonds is 7. The molecule has 0 aliphatic heterocycles. The average Bonchev–Trinajstić information content (AvgIpc) is 2.76. The molecule has 3 aromatic rings. The lowest BCUT2D eigenvalue weighted by atomic mass is 9.96. The van der Waals surface area contributed by atoms with Gasteiger partial charge in [0.25, 0.3) is 0 Å². The van der Waals surface area contributed by atoms with Gasteiger partial charge in [-0.2, -0.15) is 5.26 Å². The summed E-state index contributed by atoms with van der Waals surface area (Å²) in [4.78, 5) is 13.5. The molecule has 0 saturated carbocycles. The molecule has 0 aromatic heterocycles. The van der Waals surface area contributed by atoms with Crippen LogP contribution < -0.4 is 10.2 Å². The Balaban J connectivity index is 1.93. The van der Waals surface area contributed by atoms with Crippen molar-refractivity contribution < 1.29 is 9.53 Å². The van der Waals surface area contributed by atoms with Crippen LogP contribution in [0.5, 0.6) is 0 Å². The summed E-state index contributed by atoms with van der Waals surface area (Å²) in [5.41, 5.74) is 6.98. The van der Waals surface area contributed by atoms with Crippen molar-refractivity contribution in [3.8, 4) is 17.2 Å². The maximum absolute atomic E-state index is 11.5. The fourth-order valence-corrected chi connectivity index (χ4v) is 3.40. The molecule has 158 valence electrons. The Morgan fingerprint density at radius 3 is 2.29 bits per heavy atom. The van der Waals surface area contributed by atoms with Gasteiger partial charge in [-0.3, -0.25) is 4.79 Å². The third-order valence-corrected chi connectivity index (χ3v) is 5.03. The first-order valence-electron chi connectivity index (χ1n) is 10.1. The second kappa shape index (κ2) is 9.82. The number of benzene rings is 3. The molecule has 0 amide bonds. The molecule has 1 N–H and O–H groups in total. The van der Waals surface area contributed by atoms with Gasteiger partial charge in [-0.25, -0.2) is 0 Å². The molecule has 31 heavy (non-hydrogen) atoms. The molecule has 0 aliphatic rings. The van der Waals surface area contributed by atoms with E-state index >= 15 is 0 Å². The van der Waals surface area contributed by atoms with Gasteiger partial charge in [0.15, 0.2) is 0 Å². The number of nitrogens with zero attached hydrogens (tertiary/aromatic N) is 2. The molecule has 3 rings (SSSR count). The number of nitrogens with one attached hydrogen (secondary N) is 1. The normalized spacial score (nSPS) is 11.3. The van der Waals surface area contributed by atoms with Gasteiger partial charge in [-0.1, -0.05) is 29.8 Å². The molecule has 0 fully saturated rings. The maximum Gasteiger partial charge on any atom is 0.302 e. The van der Waals surface area contributed by atoms with Crippen molar-refractivity contribution in [3.63, 3.8) is 0 Å². The summed E-state index contributed by atoms with van der Waals surface area (Å²) in [5, 5.41) is 12.5. The van der Waals surface area contributed by atoms with Crippen LogP contribution in [0.1, 0.15) is 29.7 Å². The van der Waals surface area contributed by atoms with E-state index in [1.165, 1.54) is 6.92 Å². The van der Waals surface area contributed by atoms with Gasteiger partial charge < -0.3 is 15.0 Å². The van der Waals surface area contributed by atoms with Crippen molar-refractivity contribution in [1.29, 1.82) is 5.26 Å². The number of anilines is 2. The fourth-order valence-electron chi connectivity index (χ4n) is 3.40. The van der Waals surface area contributed by atoms with Gasteiger partial charge in [0.1, 0.15) is 6.61 Å². The minimum atomic E-state index is -0.321. The Hall–Kier alpha value is -3.78. The number of esters is 1. The Kier molecular flexibility index (Phi) is 6.94. The van der Waals surface area contributed by atoms with E-state index in [4.69, 9.17) is 10.00 Å². The van der Waals surface area contributed by atoms with E-state index in [-0.39, 0.29) is 18.6 Å². The molecule has 0 spiro atoms. The van der Waals surface area contributed by atoms with Gasteiger partial charge in [0.05, 0.1) is 17.7 Å². The van der Waals surface area contributed by atoms with Crippen molar-refractivity contribution >= 4 is 17.3 Å². The topological polar surface area (TPSA) is 65.4 Å². The molecule has 0 heterocycles. The number of hydrogen-bond acceptors (Lipinski definition) is 5. The molecule has 1 atom stereocenters. The Morgan fingerprint density at radius 1 is 1.03 bits per heavy atom. The van der Waals surface area contributed by atoms with Crippen molar-refractivity contribution in [3.05, 3.63) is 83.4 Å². The smallest absolute Gasteiger partial charge is 0.302 e. The maximum atomic E-state index is 11.5. The first kappa shape index (κ1) is 21.9. The Bertz CT molecular complexity index is 1080. The van der Waals surface area contributed by atoms with E-state index in [9.17, 15) is 4.79 Å². The minimum absolute atomic E-state index is 0.206. The predicted octanol–water partition coefficient (Wildman–Crippen LogP) is 5.32. The molecule has 0 radical (unpaired) electrons. The molecule has 5 nitrogen and oxygen atoms in total. The number of hydrogen-bond donors (Lipinski definition) is 1. The van der Waals surface area contributed by atoms with Crippen LogP contribution in [-0.2, 0) is 9.53 Å². The van der Waals surface area contributed by atoms with Gasteiger partial charge >= 0.3 is 5.97 Å². The first-order chi connectivity index (χ1) is 14.9. The van der Waals surface area contributed by atoms with Crippen molar-refractivity contribution in [1.82, 2.24) is 0 Å². The number of carbonyl (C=O) groups is 1. The average molecular weight is 414 g/mol. The summed E-state index contributed by atoms with van der Waals surface area (Å²) >= 11 is 0. The Labute approximate surface area is 183 Å². The van der Waals surface area contributed by atoms with Crippen LogP contribution in [-0.4, -0.2) is 26.7 Å². The minimum Gasteiger partial charge on any atom is -0.463 e. The fraction of sp³-hybridized carbons (Fsp3) is 0.231. The van der Waals surface area contributed by atoms with E-state index in [2.05, 4.69) is 65.7 Å². The van der Waals surface area contributed by atoms with Crippen molar-refractivity contribution in [2.45, 2.75) is 19.9 Å². The van der Waals surface area contributed by atoms with E-state index in [1.807, 2.05) is 26.2 Å². The van der Waals surface area contributed by atoms with Gasteiger partial charge in [-0.15, -0.1) is 0 Å². The van der Waals surface area contributed by atoms with Crippen LogP contribution >= 0.6 is 0 Å². The predicted molar refractivity (Wildman–Crippen MR) is 125 cm³/mol. The molecule has 0 bridgehead atoms. The first-order valence-corrected chi connectivity index (χ1v) is 10.1. The summed E-state index contributed by atoms with van der Waals surface area (Å²) in [6.07, 6.45) is 0. The van der Waals surface area contributed by atoms with Crippen molar-refractivity contribution in [2.24, 2.45) is 0 Å². The SMILES string of the molecule is CC(=O)OCC(Nc1ccc(C#N)cc1)c1cc(C)cc(-c2ccc(N(C)C)cc2)c1. The summed E-state index contributed by atoms with van der Waals surface area (Å²) in [6.45, 7) is 3.68. The zero-order valence-electron chi connectivity index (χ0n) is 18.3. The van der Waals surface area contributed by atoms with Gasteiger partial charge in [0, 0.05) is 32.4 Å². The molecule has 1 unspecified atom stereocenters. The van der Waals surface area contributed by atoms with Crippen molar-refractivity contribution in [2.75, 3.05) is 30.9 Å². The molecule has 0 saturated heterocycles. The second-order valence-corrected chi connectivity index (χ2v) is 7.76. The highest BCUT2D eigenvalue weighted by Gasteiger charge is 2.15.